The van der Waals surface area contributed by atoms with Crippen LogP contribution >= 0.6 is 44.1 Å². The monoisotopic (exact) mass is 565 g/mol. The number of halogens is 2. The highest BCUT2D eigenvalue weighted by Gasteiger charge is 2.09. The van der Waals surface area contributed by atoms with Gasteiger partial charge < -0.3 is 9.47 Å². The molecule has 0 aliphatic carbocycles. The molecule has 0 aliphatic rings. The molecule has 3 aromatic carbocycles. The Hall–Kier alpha value is -2.69. The maximum atomic E-state index is 12.0. The van der Waals surface area contributed by atoms with Gasteiger partial charge in [0.15, 0.2) is 18.3 Å². The Kier molecular flexibility index (Phi) is 8.21. The van der Waals surface area contributed by atoms with E-state index in [1.807, 2.05) is 36.4 Å². The smallest absolute Gasteiger partial charge is 0.276 e. The van der Waals surface area contributed by atoms with Crippen molar-refractivity contribution in [2.24, 2.45) is 0 Å². The summed E-state index contributed by atoms with van der Waals surface area (Å²) in [6.07, 6.45) is 0. The third kappa shape index (κ3) is 7.20. The van der Waals surface area contributed by atoms with Gasteiger partial charge in [-0.1, -0.05) is 46.3 Å². The van der Waals surface area contributed by atoms with Crippen LogP contribution < -0.4 is 25.6 Å². The molecule has 3 aromatic rings. The molecule has 0 saturated carbocycles. The van der Waals surface area contributed by atoms with Gasteiger partial charge in [0.05, 0.1) is 4.47 Å². The van der Waals surface area contributed by atoms with Gasteiger partial charge in [-0.05, 0) is 69.3 Å². The standard InChI is InChI=1S/C21H17Br2N3O4S/c22-15-6-8-18(17(23)10-15)30-12-20(28)25-26-21(31)24-19(27)11-29-16-7-5-13-3-1-2-4-14(13)9-16/h1-10H,11-12H2,(H,25,28)(H2,24,26,27,31). The van der Waals surface area contributed by atoms with Crippen LogP contribution in [0.1, 0.15) is 0 Å². The van der Waals surface area contributed by atoms with Crippen molar-refractivity contribution < 1.29 is 19.1 Å². The van der Waals surface area contributed by atoms with Crippen LogP contribution in [0.5, 0.6) is 11.5 Å². The lowest BCUT2D eigenvalue weighted by Gasteiger charge is -2.12. The summed E-state index contributed by atoms with van der Waals surface area (Å²) >= 11 is 11.7. The fourth-order valence-corrected chi connectivity index (χ4v) is 3.82. The maximum Gasteiger partial charge on any atom is 0.276 e. The van der Waals surface area contributed by atoms with Crippen molar-refractivity contribution in [2.45, 2.75) is 0 Å². The van der Waals surface area contributed by atoms with Crippen molar-refractivity contribution in [2.75, 3.05) is 13.2 Å². The van der Waals surface area contributed by atoms with Crippen LogP contribution in [-0.4, -0.2) is 30.1 Å². The molecule has 0 spiro atoms. The quantitative estimate of drug-likeness (QED) is 0.310. The van der Waals surface area contributed by atoms with E-state index in [2.05, 4.69) is 48.0 Å². The first-order valence-electron chi connectivity index (χ1n) is 8.99. The molecule has 31 heavy (non-hydrogen) atoms. The van der Waals surface area contributed by atoms with Crippen molar-refractivity contribution in [1.29, 1.82) is 0 Å². The van der Waals surface area contributed by atoms with Crippen molar-refractivity contribution >= 4 is 71.8 Å². The number of carbonyl (C=O) groups excluding carboxylic acids is 2. The molecule has 3 N–H and O–H groups in total. The first kappa shape index (κ1) is 23.0. The number of benzene rings is 3. The molecule has 0 unspecified atom stereocenters. The van der Waals surface area contributed by atoms with Crippen molar-refractivity contribution in [3.63, 3.8) is 0 Å². The number of carbonyl (C=O) groups is 2. The van der Waals surface area contributed by atoms with E-state index in [0.717, 1.165) is 15.2 Å². The van der Waals surface area contributed by atoms with Crippen LogP contribution in [0, 0.1) is 0 Å². The molecule has 7 nitrogen and oxygen atoms in total. The van der Waals surface area contributed by atoms with E-state index < -0.39 is 11.8 Å². The summed E-state index contributed by atoms with van der Waals surface area (Å²) in [5.41, 5.74) is 4.79. The van der Waals surface area contributed by atoms with E-state index in [1.165, 1.54) is 0 Å². The topological polar surface area (TPSA) is 88.7 Å². The molecule has 0 bridgehead atoms. The number of hydrogen-bond acceptors (Lipinski definition) is 5. The minimum atomic E-state index is -0.473. The second-order valence-corrected chi connectivity index (χ2v) is 8.39. The van der Waals surface area contributed by atoms with Crippen LogP contribution in [0.25, 0.3) is 10.8 Å². The van der Waals surface area contributed by atoms with E-state index in [-0.39, 0.29) is 18.3 Å². The van der Waals surface area contributed by atoms with Gasteiger partial charge in [-0.25, -0.2) is 0 Å². The van der Waals surface area contributed by atoms with E-state index >= 15 is 0 Å². The fraction of sp³-hybridized carbons (Fsp3) is 0.0952. The van der Waals surface area contributed by atoms with Crippen molar-refractivity contribution in [3.05, 3.63) is 69.6 Å². The third-order valence-electron chi connectivity index (χ3n) is 3.91. The zero-order valence-electron chi connectivity index (χ0n) is 16.0. The van der Waals surface area contributed by atoms with E-state index in [1.54, 1.807) is 24.3 Å². The Bertz CT molecular complexity index is 1130. The summed E-state index contributed by atoms with van der Waals surface area (Å²) < 4.78 is 12.5. The number of rotatable bonds is 6. The number of hydrogen-bond donors (Lipinski definition) is 3. The highest BCUT2D eigenvalue weighted by atomic mass is 79.9. The molecule has 0 aromatic heterocycles. The molecule has 0 saturated heterocycles. The molecule has 3 rings (SSSR count). The minimum Gasteiger partial charge on any atom is -0.484 e. The first-order chi connectivity index (χ1) is 14.9. The van der Waals surface area contributed by atoms with Gasteiger partial charge >= 0.3 is 0 Å². The first-order valence-corrected chi connectivity index (χ1v) is 11.0. The zero-order valence-corrected chi connectivity index (χ0v) is 20.0. The van der Waals surface area contributed by atoms with Gasteiger partial charge in [0, 0.05) is 4.47 Å². The molecular formula is C21H17Br2N3O4S. The Labute approximate surface area is 200 Å². The highest BCUT2D eigenvalue weighted by Crippen LogP contribution is 2.28. The van der Waals surface area contributed by atoms with Crippen molar-refractivity contribution in [1.82, 2.24) is 16.2 Å². The molecule has 0 radical (unpaired) electrons. The predicted octanol–water partition coefficient (Wildman–Crippen LogP) is 3.84. The van der Waals surface area contributed by atoms with Crippen LogP contribution in [0.2, 0.25) is 0 Å². The fourth-order valence-electron chi connectivity index (χ4n) is 2.50. The number of fused-ring (bicyclic) bond motifs is 1. The van der Waals surface area contributed by atoms with Crippen molar-refractivity contribution in [3.8, 4) is 11.5 Å². The van der Waals surface area contributed by atoms with Gasteiger partial charge in [-0.15, -0.1) is 0 Å². The zero-order chi connectivity index (χ0) is 22.2. The molecule has 10 heteroatoms. The Balaban J connectivity index is 1.37. The second kappa shape index (κ2) is 11.1. The number of thiocarbonyl (C=S) groups is 1. The average Bonchev–Trinajstić information content (AvgIpc) is 2.75. The molecule has 160 valence electrons. The summed E-state index contributed by atoms with van der Waals surface area (Å²) in [5, 5.41) is 4.45. The lowest BCUT2D eigenvalue weighted by Crippen LogP contribution is -2.50. The van der Waals surface area contributed by atoms with Crippen LogP contribution in [-0.2, 0) is 9.59 Å². The number of hydrazine groups is 1. The molecule has 0 aliphatic heterocycles. The summed E-state index contributed by atoms with van der Waals surface area (Å²) in [7, 11) is 0. The predicted molar refractivity (Wildman–Crippen MR) is 129 cm³/mol. The van der Waals surface area contributed by atoms with Crippen LogP contribution in [0.4, 0.5) is 0 Å². The van der Waals surface area contributed by atoms with E-state index in [4.69, 9.17) is 21.7 Å². The second-order valence-electron chi connectivity index (χ2n) is 6.21. The number of ether oxygens (including phenoxy) is 2. The van der Waals surface area contributed by atoms with E-state index in [0.29, 0.717) is 16.0 Å². The summed E-state index contributed by atoms with van der Waals surface area (Å²) in [5.74, 6) is 0.145. The lowest BCUT2D eigenvalue weighted by atomic mass is 10.1. The Morgan fingerprint density at radius 3 is 2.35 bits per heavy atom. The number of amides is 2. The van der Waals surface area contributed by atoms with Gasteiger partial charge in [-0.2, -0.15) is 0 Å². The highest BCUT2D eigenvalue weighted by molar-refractivity contribution is 9.11. The van der Waals surface area contributed by atoms with Gasteiger partial charge in [0.25, 0.3) is 11.8 Å². The summed E-state index contributed by atoms with van der Waals surface area (Å²) in [6.45, 7) is -0.469. The minimum absolute atomic E-state index is 0.0646. The van der Waals surface area contributed by atoms with E-state index in [9.17, 15) is 9.59 Å². The lowest BCUT2D eigenvalue weighted by molar-refractivity contribution is -0.124. The molecule has 0 heterocycles. The van der Waals surface area contributed by atoms with Crippen LogP contribution in [0.3, 0.4) is 0 Å². The SMILES string of the molecule is O=C(COc1ccc(Br)cc1Br)NNC(=S)NC(=O)COc1ccc2ccccc2c1. The average molecular weight is 567 g/mol. The Morgan fingerprint density at radius 2 is 1.58 bits per heavy atom. The maximum absolute atomic E-state index is 12.0. The normalized spacial score (nSPS) is 10.3. The molecule has 0 fully saturated rings. The van der Waals surface area contributed by atoms with Gasteiger partial charge in [0.2, 0.25) is 0 Å². The summed E-state index contributed by atoms with van der Waals surface area (Å²) in [6, 6.07) is 18.7. The molecule has 2 amide bonds. The van der Waals surface area contributed by atoms with Crippen LogP contribution in [0.15, 0.2) is 69.6 Å². The van der Waals surface area contributed by atoms with Gasteiger partial charge in [0.1, 0.15) is 11.5 Å². The third-order valence-corrected chi connectivity index (χ3v) is 5.23. The molecular weight excluding hydrogens is 550 g/mol. The van der Waals surface area contributed by atoms with Gasteiger partial charge in [-0.3, -0.25) is 25.8 Å². The number of nitrogens with one attached hydrogen (secondary N) is 3. The molecule has 0 atom stereocenters. The Morgan fingerprint density at radius 1 is 0.839 bits per heavy atom. The summed E-state index contributed by atoms with van der Waals surface area (Å²) in [4.78, 5) is 23.9. The largest absolute Gasteiger partial charge is 0.484 e.